The van der Waals surface area contributed by atoms with E-state index in [-0.39, 0.29) is 18.2 Å². The lowest BCUT2D eigenvalue weighted by molar-refractivity contribution is -0.137. The maximum Gasteiger partial charge on any atom is 0.303 e. The number of hydrogen-bond acceptors (Lipinski definition) is 3. The van der Waals surface area contributed by atoms with Gasteiger partial charge in [0, 0.05) is 12.5 Å². The van der Waals surface area contributed by atoms with Crippen molar-refractivity contribution >= 4 is 12.4 Å². The molecule has 5 nitrogen and oxygen atoms in total. The third-order valence-electron chi connectivity index (χ3n) is 2.40. The minimum Gasteiger partial charge on any atom is -0.508 e. The van der Waals surface area contributed by atoms with E-state index in [0.29, 0.717) is 19.3 Å². The van der Waals surface area contributed by atoms with Gasteiger partial charge in [-0.3, -0.25) is 9.59 Å². The fraction of sp³-hybridized carbons (Fsp3) is 0.333. The lowest BCUT2D eigenvalue weighted by atomic mass is 10.0. The summed E-state index contributed by atoms with van der Waals surface area (Å²) in [6.45, 7) is 0. The van der Waals surface area contributed by atoms with Crippen LogP contribution in [0.1, 0.15) is 18.4 Å². The van der Waals surface area contributed by atoms with Gasteiger partial charge < -0.3 is 15.5 Å². The van der Waals surface area contributed by atoms with Gasteiger partial charge in [-0.25, -0.2) is 0 Å². The topological polar surface area (TPSA) is 86.6 Å². The number of aliphatic carboxylic acids is 1. The first-order valence-corrected chi connectivity index (χ1v) is 5.31. The summed E-state index contributed by atoms with van der Waals surface area (Å²) in [5.41, 5.74) is 0.856. The smallest absolute Gasteiger partial charge is 0.303 e. The number of aromatic hydroxyl groups is 1. The fourth-order valence-corrected chi connectivity index (χ4v) is 1.61. The Kier molecular flexibility index (Phi) is 5.00. The minimum absolute atomic E-state index is 0.00429. The van der Waals surface area contributed by atoms with Gasteiger partial charge in [-0.05, 0) is 30.5 Å². The molecule has 1 amide bonds. The summed E-state index contributed by atoms with van der Waals surface area (Å²) in [6.07, 6.45) is 1.43. The number of hydrogen-bond donors (Lipinski definition) is 3. The number of nitrogens with one attached hydrogen (secondary N) is 1. The summed E-state index contributed by atoms with van der Waals surface area (Å²) in [7, 11) is 0. The van der Waals surface area contributed by atoms with Crippen LogP contribution in [0.15, 0.2) is 24.3 Å². The zero-order valence-electron chi connectivity index (χ0n) is 9.30. The van der Waals surface area contributed by atoms with Crippen LogP contribution in [-0.2, 0) is 16.0 Å². The van der Waals surface area contributed by atoms with Gasteiger partial charge in [0.2, 0.25) is 6.41 Å². The average Bonchev–Trinajstić information content (AvgIpc) is 2.26. The molecule has 0 heterocycles. The minimum atomic E-state index is -0.890. The highest BCUT2D eigenvalue weighted by molar-refractivity contribution is 5.66. The van der Waals surface area contributed by atoms with Crippen molar-refractivity contribution in [3.05, 3.63) is 29.8 Å². The number of carboxylic acid groups (broad SMARTS) is 1. The second-order valence-electron chi connectivity index (χ2n) is 3.79. The van der Waals surface area contributed by atoms with Gasteiger partial charge in [-0.15, -0.1) is 0 Å². The van der Waals surface area contributed by atoms with E-state index < -0.39 is 5.97 Å². The Labute approximate surface area is 99.1 Å². The first kappa shape index (κ1) is 13.0. The third-order valence-corrected chi connectivity index (χ3v) is 2.40. The van der Waals surface area contributed by atoms with Crippen LogP contribution in [0.3, 0.4) is 0 Å². The van der Waals surface area contributed by atoms with Gasteiger partial charge in [0.25, 0.3) is 0 Å². The Morgan fingerprint density at radius 1 is 1.47 bits per heavy atom. The Bertz CT molecular complexity index is 392. The zero-order chi connectivity index (χ0) is 12.7. The molecule has 1 aromatic rings. The van der Waals surface area contributed by atoms with Crippen molar-refractivity contribution in [1.29, 1.82) is 0 Å². The number of benzene rings is 1. The van der Waals surface area contributed by atoms with Crippen molar-refractivity contribution in [2.24, 2.45) is 0 Å². The van der Waals surface area contributed by atoms with Crippen LogP contribution >= 0.6 is 0 Å². The van der Waals surface area contributed by atoms with Crippen molar-refractivity contribution in [2.45, 2.75) is 25.3 Å². The third kappa shape index (κ3) is 5.01. The number of phenolic OH excluding ortho intramolecular Hbond substituents is 1. The highest BCUT2D eigenvalue weighted by Crippen LogP contribution is 2.14. The van der Waals surface area contributed by atoms with Gasteiger partial charge in [0.05, 0.1) is 0 Å². The molecule has 5 heteroatoms. The molecule has 3 N–H and O–H groups in total. The molecule has 92 valence electrons. The predicted octanol–water partition coefficient (Wildman–Crippen LogP) is 0.914. The van der Waals surface area contributed by atoms with Crippen LogP contribution in [0.4, 0.5) is 0 Å². The van der Waals surface area contributed by atoms with Gasteiger partial charge in [-0.1, -0.05) is 12.1 Å². The molecule has 17 heavy (non-hydrogen) atoms. The second-order valence-corrected chi connectivity index (χ2v) is 3.79. The van der Waals surface area contributed by atoms with Gasteiger partial charge in [-0.2, -0.15) is 0 Å². The lowest BCUT2D eigenvalue weighted by Gasteiger charge is -2.15. The van der Waals surface area contributed by atoms with Crippen molar-refractivity contribution in [3.8, 4) is 5.75 Å². The molecule has 1 atom stereocenters. The monoisotopic (exact) mass is 237 g/mol. The van der Waals surface area contributed by atoms with Crippen LogP contribution in [0.5, 0.6) is 5.75 Å². The van der Waals surface area contributed by atoms with Crippen molar-refractivity contribution in [2.75, 3.05) is 0 Å². The van der Waals surface area contributed by atoms with Crippen LogP contribution < -0.4 is 5.32 Å². The van der Waals surface area contributed by atoms with Crippen LogP contribution in [0.25, 0.3) is 0 Å². The number of carboxylic acids is 1. The predicted molar refractivity (Wildman–Crippen MR) is 61.7 cm³/mol. The summed E-state index contributed by atoms with van der Waals surface area (Å²) in [5, 5.41) is 20.5. The Morgan fingerprint density at radius 3 is 2.82 bits per heavy atom. The SMILES string of the molecule is O=CNC(CCC(=O)O)Cc1cccc(O)c1. The van der Waals surface area contributed by atoms with Gasteiger partial charge >= 0.3 is 5.97 Å². The molecule has 0 saturated carbocycles. The van der Waals surface area contributed by atoms with E-state index >= 15 is 0 Å². The molecule has 0 fully saturated rings. The van der Waals surface area contributed by atoms with Crippen LogP contribution in [0, 0.1) is 0 Å². The van der Waals surface area contributed by atoms with Gasteiger partial charge in [0.15, 0.2) is 0 Å². The normalized spacial score (nSPS) is 11.8. The van der Waals surface area contributed by atoms with E-state index in [9.17, 15) is 14.7 Å². The maximum absolute atomic E-state index is 10.5. The van der Waals surface area contributed by atoms with E-state index in [2.05, 4.69) is 5.32 Å². The molecule has 0 spiro atoms. The molecule has 0 aliphatic heterocycles. The van der Waals surface area contributed by atoms with Crippen molar-refractivity contribution in [1.82, 2.24) is 5.32 Å². The first-order chi connectivity index (χ1) is 8.11. The molecule has 1 unspecified atom stereocenters. The molecule has 0 aliphatic rings. The van der Waals surface area contributed by atoms with E-state index in [1.54, 1.807) is 18.2 Å². The summed E-state index contributed by atoms with van der Waals surface area (Å²) >= 11 is 0. The standard InChI is InChI=1S/C12H15NO4/c14-8-13-10(4-5-12(16)17)6-9-2-1-3-11(15)7-9/h1-3,7-8,10,15H,4-6H2,(H,13,14)(H,16,17). The van der Waals surface area contributed by atoms with Crippen molar-refractivity contribution in [3.63, 3.8) is 0 Å². The molecular weight excluding hydrogens is 222 g/mol. The molecule has 1 rings (SSSR count). The highest BCUT2D eigenvalue weighted by Gasteiger charge is 2.11. The summed E-state index contributed by atoms with van der Waals surface area (Å²) in [6, 6.07) is 6.45. The molecule has 0 aromatic heterocycles. The second kappa shape index (κ2) is 6.52. The number of rotatable bonds is 7. The summed E-state index contributed by atoms with van der Waals surface area (Å²) < 4.78 is 0. The number of carbonyl (C=O) groups is 2. The molecular formula is C12H15NO4. The van der Waals surface area contributed by atoms with E-state index in [1.807, 2.05) is 6.07 Å². The highest BCUT2D eigenvalue weighted by atomic mass is 16.4. The molecule has 0 aliphatic carbocycles. The van der Waals surface area contributed by atoms with Crippen LogP contribution in [0.2, 0.25) is 0 Å². The molecule has 1 aromatic carbocycles. The summed E-state index contributed by atoms with van der Waals surface area (Å²) in [4.78, 5) is 20.9. The molecule has 0 radical (unpaired) electrons. The zero-order valence-corrected chi connectivity index (χ0v) is 9.30. The largest absolute Gasteiger partial charge is 0.508 e. The molecule has 0 bridgehead atoms. The lowest BCUT2D eigenvalue weighted by Crippen LogP contribution is -2.30. The Balaban J connectivity index is 2.59. The number of carbonyl (C=O) groups excluding carboxylic acids is 1. The quantitative estimate of drug-likeness (QED) is 0.615. The number of phenols is 1. The van der Waals surface area contributed by atoms with E-state index in [4.69, 9.17) is 5.11 Å². The average molecular weight is 237 g/mol. The first-order valence-electron chi connectivity index (χ1n) is 5.31. The van der Waals surface area contributed by atoms with Crippen LogP contribution in [-0.4, -0.2) is 28.6 Å². The maximum atomic E-state index is 10.5. The number of amides is 1. The summed E-state index contributed by atoms with van der Waals surface area (Å²) in [5.74, 6) is -0.732. The Morgan fingerprint density at radius 2 is 2.24 bits per heavy atom. The van der Waals surface area contributed by atoms with Gasteiger partial charge in [0.1, 0.15) is 5.75 Å². The van der Waals surface area contributed by atoms with E-state index in [0.717, 1.165) is 5.56 Å². The fourth-order valence-electron chi connectivity index (χ4n) is 1.61. The van der Waals surface area contributed by atoms with E-state index in [1.165, 1.54) is 0 Å². The molecule has 0 saturated heterocycles. The van der Waals surface area contributed by atoms with Crippen molar-refractivity contribution < 1.29 is 19.8 Å². The Hall–Kier alpha value is -2.04.